The molecule has 5 nitrogen and oxygen atoms in total. The van der Waals surface area contributed by atoms with Gasteiger partial charge in [-0.1, -0.05) is 16.8 Å². The second-order valence-corrected chi connectivity index (χ2v) is 5.18. The van der Waals surface area contributed by atoms with Crippen LogP contribution in [0.2, 0.25) is 5.02 Å². The van der Waals surface area contributed by atoms with E-state index < -0.39 is 0 Å². The molecule has 0 saturated carbocycles. The van der Waals surface area contributed by atoms with E-state index in [1.54, 1.807) is 49.6 Å². The van der Waals surface area contributed by atoms with E-state index in [9.17, 15) is 4.79 Å². The van der Waals surface area contributed by atoms with E-state index in [2.05, 4.69) is 10.5 Å². The number of rotatable bonds is 4. The topological polar surface area (TPSA) is 68.3 Å². The van der Waals surface area contributed by atoms with Crippen LogP contribution in [-0.2, 0) is 6.54 Å². The number of aromatic nitrogens is 1. The van der Waals surface area contributed by atoms with Gasteiger partial charge < -0.3 is 14.3 Å². The van der Waals surface area contributed by atoms with Crippen LogP contribution in [0.5, 0.6) is 0 Å². The van der Waals surface area contributed by atoms with Crippen molar-refractivity contribution in [1.82, 2.24) is 10.5 Å². The molecule has 0 radical (unpaired) electrons. The van der Waals surface area contributed by atoms with Crippen LogP contribution in [0, 0.1) is 6.92 Å². The Kier molecular flexibility index (Phi) is 3.98. The Morgan fingerprint density at radius 1 is 1.27 bits per heavy atom. The highest BCUT2D eigenvalue weighted by molar-refractivity contribution is 6.30. The minimum atomic E-state index is -0.264. The molecule has 0 saturated heterocycles. The van der Waals surface area contributed by atoms with E-state index in [4.69, 9.17) is 20.5 Å². The summed E-state index contributed by atoms with van der Waals surface area (Å²) >= 11 is 5.88. The first-order valence-electron chi connectivity index (χ1n) is 6.68. The van der Waals surface area contributed by atoms with E-state index >= 15 is 0 Å². The quantitative estimate of drug-likeness (QED) is 0.794. The van der Waals surface area contributed by atoms with Crippen LogP contribution < -0.4 is 5.32 Å². The number of carbonyl (C=O) groups excluding carboxylic acids is 1. The van der Waals surface area contributed by atoms with Crippen LogP contribution in [0.1, 0.15) is 21.8 Å². The normalized spacial score (nSPS) is 10.6. The van der Waals surface area contributed by atoms with Crippen LogP contribution in [0.4, 0.5) is 0 Å². The highest BCUT2D eigenvalue weighted by Crippen LogP contribution is 2.27. The predicted molar refractivity (Wildman–Crippen MR) is 81.6 cm³/mol. The maximum absolute atomic E-state index is 12.4. The van der Waals surface area contributed by atoms with Crippen molar-refractivity contribution in [2.45, 2.75) is 13.5 Å². The van der Waals surface area contributed by atoms with Gasteiger partial charge in [0, 0.05) is 10.6 Å². The second kappa shape index (κ2) is 6.07. The summed E-state index contributed by atoms with van der Waals surface area (Å²) in [5.74, 6) is 0.835. The lowest BCUT2D eigenvalue weighted by atomic mass is 10.1. The molecule has 112 valence electrons. The van der Waals surface area contributed by atoms with E-state index in [0.717, 1.165) is 5.56 Å². The molecule has 1 amide bonds. The van der Waals surface area contributed by atoms with Gasteiger partial charge in [0.1, 0.15) is 11.3 Å². The van der Waals surface area contributed by atoms with Crippen LogP contribution in [0.25, 0.3) is 11.3 Å². The Hall–Kier alpha value is -2.53. The Labute approximate surface area is 131 Å². The number of amides is 1. The summed E-state index contributed by atoms with van der Waals surface area (Å²) in [4.78, 5) is 12.4. The molecule has 1 N–H and O–H groups in total. The number of carbonyl (C=O) groups is 1. The Balaban J connectivity index is 1.85. The molecule has 0 aliphatic carbocycles. The molecular weight excluding hydrogens is 304 g/mol. The number of halogens is 1. The monoisotopic (exact) mass is 316 g/mol. The van der Waals surface area contributed by atoms with E-state index in [1.165, 1.54) is 0 Å². The Morgan fingerprint density at radius 3 is 2.73 bits per heavy atom. The van der Waals surface area contributed by atoms with Crippen LogP contribution in [0.15, 0.2) is 51.6 Å². The maximum atomic E-state index is 12.4. The summed E-state index contributed by atoms with van der Waals surface area (Å²) in [6, 6.07) is 10.6. The molecule has 1 aromatic carbocycles. The number of hydrogen-bond donors (Lipinski definition) is 1. The highest BCUT2D eigenvalue weighted by Gasteiger charge is 2.21. The predicted octanol–water partition coefficient (Wildman–Crippen LogP) is 3.83. The summed E-state index contributed by atoms with van der Waals surface area (Å²) in [6.45, 7) is 2.03. The molecule has 2 heterocycles. The third kappa shape index (κ3) is 2.89. The van der Waals surface area contributed by atoms with Crippen LogP contribution in [-0.4, -0.2) is 11.1 Å². The van der Waals surface area contributed by atoms with Gasteiger partial charge in [-0.25, -0.2) is 0 Å². The standard InChI is InChI=1S/C16H13ClN2O3/c1-10-14(16(20)18-9-13-3-2-8-21-13)15(22-19-10)11-4-6-12(17)7-5-11/h2-8H,9H2,1H3,(H,18,20). The van der Waals surface area contributed by atoms with Gasteiger partial charge in [-0.2, -0.15) is 0 Å². The zero-order valence-electron chi connectivity index (χ0n) is 11.8. The molecule has 6 heteroatoms. The molecule has 0 aliphatic heterocycles. The fourth-order valence-corrected chi connectivity index (χ4v) is 2.23. The number of furan rings is 1. The van der Waals surface area contributed by atoms with Gasteiger partial charge in [0.25, 0.3) is 5.91 Å². The highest BCUT2D eigenvalue weighted by atomic mass is 35.5. The van der Waals surface area contributed by atoms with Crippen molar-refractivity contribution >= 4 is 17.5 Å². The molecule has 22 heavy (non-hydrogen) atoms. The van der Waals surface area contributed by atoms with Gasteiger partial charge in [0.15, 0.2) is 5.76 Å². The average molecular weight is 317 g/mol. The fourth-order valence-electron chi connectivity index (χ4n) is 2.10. The number of benzene rings is 1. The van der Waals surface area contributed by atoms with E-state index in [-0.39, 0.29) is 5.91 Å². The number of nitrogens with one attached hydrogen (secondary N) is 1. The largest absolute Gasteiger partial charge is 0.467 e. The number of nitrogens with zero attached hydrogens (tertiary/aromatic N) is 1. The Morgan fingerprint density at radius 2 is 2.05 bits per heavy atom. The summed E-state index contributed by atoms with van der Waals surface area (Å²) in [5, 5.41) is 7.29. The maximum Gasteiger partial charge on any atom is 0.257 e. The van der Waals surface area contributed by atoms with Crippen LogP contribution >= 0.6 is 11.6 Å². The minimum Gasteiger partial charge on any atom is -0.467 e. The first-order chi connectivity index (χ1) is 10.6. The molecule has 0 spiro atoms. The second-order valence-electron chi connectivity index (χ2n) is 4.74. The lowest BCUT2D eigenvalue weighted by molar-refractivity contribution is 0.0947. The molecular formula is C16H13ClN2O3. The fraction of sp³-hybridized carbons (Fsp3) is 0.125. The van der Waals surface area contributed by atoms with Gasteiger partial charge in [-0.15, -0.1) is 0 Å². The first-order valence-corrected chi connectivity index (χ1v) is 7.06. The van der Waals surface area contributed by atoms with Gasteiger partial charge >= 0.3 is 0 Å². The van der Waals surface area contributed by atoms with Crippen molar-refractivity contribution < 1.29 is 13.7 Å². The van der Waals surface area contributed by atoms with Crippen molar-refractivity contribution in [2.24, 2.45) is 0 Å². The van der Waals surface area contributed by atoms with Gasteiger partial charge in [-0.3, -0.25) is 4.79 Å². The average Bonchev–Trinajstić information content (AvgIpc) is 3.15. The molecule has 0 bridgehead atoms. The Bertz CT molecular complexity index is 776. The van der Waals surface area contributed by atoms with Crippen LogP contribution in [0.3, 0.4) is 0 Å². The molecule has 0 atom stereocenters. The van der Waals surface area contributed by atoms with Crippen molar-refractivity contribution in [2.75, 3.05) is 0 Å². The lowest BCUT2D eigenvalue weighted by Gasteiger charge is -2.04. The van der Waals surface area contributed by atoms with Crippen molar-refractivity contribution in [3.63, 3.8) is 0 Å². The number of aryl methyl sites for hydroxylation is 1. The van der Waals surface area contributed by atoms with Gasteiger partial charge in [0.2, 0.25) is 0 Å². The summed E-state index contributed by atoms with van der Waals surface area (Å²) in [5.41, 5.74) is 1.68. The smallest absolute Gasteiger partial charge is 0.257 e. The van der Waals surface area contributed by atoms with E-state index in [1.807, 2.05) is 0 Å². The molecule has 0 aliphatic rings. The zero-order valence-corrected chi connectivity index (χ0v) is 12.6. The first kappa shape index (κ1) is 14.4. The summed E-state index contributed by atoms with van der Waals surface area (Å²) in [6.07, 6.45) is 1.56. The molecule has 3 aromatic rings. The third-order valence-corrected chi connectivity index (χ3v) is 3.45. The van der Waals surface area contributed by atoms with E-state index in [0.29, 0.717) is 34.3 Å². The molecule has 3 rings (SSSR count). The molecule has 0 unspecified atom stereocenters. The minimum absolute atomic E-state index is 0.264. The molecule has 0 fully saturated rings. The lowest BCUT2D eigenvalue weighted by Crippen LogP contribution is -2.23. The van der Waals surface area contributed by atoms with Gasteiger partial charge in [0.05, 0.1) is 18.5 Å². The summed E-state index contributed by atoms with van der Waals surface area (Å²) in [7, 11) is 0. The SMILES string of the molecule is Cc1noc(-c2ccc(Cl)cc2)c1C(=O)NCc1ccco1. The van der Waals surface area contributed by atoms with Crippen molar-refractivity contribution in [3.8, 4) is 11.3 Å². The zero-order chi connectivity index (χ0) is 15.5. The van der Waals surface area contributed by atoms with Crippen molar-refractivity contribution in [1.29, 1.82) is 0 Å². The van der Waals surface area contributed by atoms with Crippen molar-refractivity contribution in [3.05, 3.63) is 64.7 Å². The molecule has 2 aromatic heterocycles. The number of hydrogen-bond acceptors (Lipinski definition) is 4. The third-order valence-electron chi connectivity index (χ3n) is 3.20. The van der Waals surface area contributed by atoms with Gasteiger partial charge in [-0.05, 0) is 43.3 Å². The summed E-state index contributed by atoms with van der Waals surface area (Å²) < 4.78 is 10.5.